The summed E-state index contributed by atoms with van der Waals surface area (Å²) in [5, 5.41) is 21.1. The maximum atomic E-state index is 14.4. The first-order chi connectivity index (χ1) is 17.7. The summed E-state index contributed by atoms with van der Waals surface area (Å²) in [6.07, 6.45) is 0.597. The molecule has 3 aromatic carbocycles. The van der Waals surface area contributed by atoms with Gasteiger partial charge in [0, 0.05) is 18.1 Å². The number of anilines is 1. The SMILES string of the molecule is CC1Cc2cc(/C(O)=C3\C(=O)C(=O)N(c4nc5c(F)cc(F)cc5s4)C3c3ccc(O)cc3)ccc2O1. The van der Waals surface area contributed by atoms with Crippen molar-refractivity contribution in [2.24, 2.45) is 0 Å². The number of halogens is 2. The molecule has 0 aliphatic carbocycles. The fourth-order valence-electron chi connectivity index (χ4n) is 4.78. The van der Waals surface area contributed by atoms with Gasteiger partial charge in [0.2, 0.25) is 0 Å². The molecular formula is C27H18F2N2O5S. The first-order valence-electron chi connectivity index (χ1n) is 11.4. The number of Topliss-reactive ketones (excluding diaryl/α,β-unsaturated/α-hetero) is 1. The summed E-state index contributed by atoms with van der Waals surface area (Å²) < 4.78 is 34.1. The molecule has 2 aliphatic heterocycles. The van der Waals surface area contributed by atoms with Gasteiger partial charge in [-0.25, -0.2) is 13.8 Å². The van der Waals surface area contributed by atoms with Crippen LogP contribution in [0, 0.1) is 11.6 Å². The predicted octanol–water partition coefficient (Wildman–Crippen LogP) is 5.23. The topological polar surface area (TPSA) is 100.0 Å². The first kappa shape index (κ1) is 23.1. The van der Waals surface area contributed by atoms with Gasteiger partial charge in [-0.3, -0.25) is 14.5 Å². The van der Waals surface area contributed by atoms with Crippen LogP contribution in [0.1, 0.15) is 29.7 Å². The lowest BCUT2D eigenvalue weighted by atomic mass is 9.94. The van der Waals surface area contributed by atoms with Gasteiger partial charge in [0.25, 0.3) is 5.78 Å². The molecule has 2 N–H and O–H groups in total. The summed E-state index contributed by atoms with van der Waals surface area (Å²) >= 11 is 0.848. The number of fused-ring (bicyclic) bond motifs is 2. The van der Waals surface area contributed by atoms with Crippen LogP contribution in [0.2, 0.25) is 0 Å². The highest BCUT2D eigenvalue weighted by Gasteiger charge is 2.48. The molecule has 3 heterocycles. The lowest BCUT2D eigenvalue weighted by molar-refractivity contribution is -0.132. The summed E-state index contributed by atoms with van der Waals surface area (Å²) in [4.78, 5) is 31.9. The Bertz CT molecular complexity index is 1650. The number of rotatable bonds is 3. The Morgan fingerprint density at radius 1 is 1.11 bits per heavy atom. The van der Waals surface area contributed by atoms with E-state index >= 15 is 0 Å². The number of phenolic OH excluding ortho intramolecular Hbond substituents is 1. The van der Waals surface area contributed by atoms with Crippen molar-refractivity contribution in [2.75, 3.05) is 4.90 Å². The smallest absolute Gasteiger partial charge is 0.301 e. The second-order valence-corrected chi connectivity index (χ2v) is 9.96. The Hall–Kier alpha value is -4.31. The molecule has 0 radical (unpaired) electrons. The van der Waals surface area contributed by atoms with Gasteiger partial charge in [0.05, 0.1) is 16.3 Å². The van der Waals surface area contributed by atoms with Crippen LogP contribution in [0.4, 0.5) is 13.9 Å². The van der Waals surface area contributed by atoms with Crippen molar-refractivity contribution < 1.29 is 33.3 Å². The maximum Gasteiger partial charge on any atom is 0.301 e. The third-order valence-electron chi connectivity index (χ3n) is 6.43. The molecule has 6 rings (SSSR count). The van der Waals surface area contributed by atoms with Crippen molar-refractivity contribution >= 4 is 44.1 Å². The number of aliphatic hydroxyl groups is 1. The van der Waals surface area contributed by atoms with Crippen LogP contribution < -0.4 is 9.64 Å². The van der Waals surface area contributed by atoms with Gasteiger partial charge < -0.3 is 14.9 Å². The van der Waals surface area contributed by atoms with Crippen molar-refractivity contribution in [1.82, 2.24) is 4.98 Å². The Kier molecular flexibility index (Phi) is 5.23. The highest BCUT2D eigenvalue weighted by atomic mass is 32.1. The van der Waals surface area contributed by atoms with Gasteiger partial charge >= 0.3 is 5.91 Å². The number of nitrogens with zero attached hydrogens (tertiary/aromatic N) is 2. The number of aromatic hydroxyl groups is 1. The minimum absolute atomic E-state index is 0.0285. The molecule has 1 aromatic heterocycles. The number of carbonyl (C=O) groups excluding carboxylic acids is 2. The molecule has 1 saturated heterocycles. The zero-order valence-electron chi connectivity index (χ0n) is 19.2. The highest BCUT2D eigenvalue weighted by molar-refractivity contribution is 7.22. The number of benzene rings is 3. The molecule has 186 valence electrons. The molecule has 4 aromatic rings. The van der Waals surface area contributed by atoms with Gasteiger partial charge in [-0.05, 0) is 54.4 Å². The number of aromatic nitrogens is 1. The van der Waals surface area contributed by atoms with Crippen molar-refractivity contribution in [2.45, 2.75) is 25.5 Å². The number of hydrogen-bond donors (Lipinski definition) is 2. The molecule has 1 fully saturated rings. The van der Waals surface area contributed by atoms with Crippen LogP contribution >= 0.6 is 11.3 Å². The second kappa shape index (κ2) is 8.38. The number of aliphatic hydroxyl groups excluding tert-OH is 1. The number of ketones is 1. The molecule has 10 heteroatoms. The van der Waals surface area contributed by atoms with Gasteiger partial charge in [-0.15, -0.1) is 0 Å². The molecule has 1 amide bonds. The number of phenols is 1. The van der Waals surface area contributed by atoms with Crippen LogP contribution in [-0.2, 0) is 16.0 Å². The van der Waals surface area contributed by atoms with E-state index in [4.69, 9.17) is 4.74 Å². The summed E-state index contributed by atoms with van der Waals surface area (Å²) in [5.41, 5.74) is 1.27. The van der Waals surface area contributed by atoms with Crippen LogP contribution in [0.25, 0.3) is 16.0 Å². The zero-order valence-corrected chi connectivity index (χ0v) is 20.1. The largest absolute Gasteiger partial charge is 0.508 e. The van der Waals surface area contributed by atoms with E-state index in [0.29, 0.717) is 29.4 Å². The number of ether oxygens (including phenoxy) is 1. The molecule has 2 aliphatic rings. The van der Waals surface area contributed by atoms with E-state index in [1.54, 1.807) is 18.2 Å². The molecule has 7 nitrogen and oxygen atoms in total. The highest BCUT2D eigenvalue weighted by Crippen LogP contribution is 2.45. The van der Waals surface area contributed by atoms with Crippen molar-refractivity contribution in [3.63, 3.8) is 0 Å². The normalized spacial score (nSPS) is 20.5. The standard InChI is InChI=1S/C27H18F2N2O5S/c1-12-8-15-9-14(4-7-19(15)36-12)24(33)21-23(13-2-5-17(32)6-3-13)31(26(35)25(21)34)27-30-22-18(29)10-16(28)11-20(22)37-27/h2-7,9-12,23,32-33H,8H2,1H3/b24-21+. The minimum atomic E-state index is -1.13. The Balaban J connectivity index is 1.54. The molecule has 2 unspecified atom stereocenters. The summed E-state index contributed by atoms with van der Waals surface area (Å²) in [5.74, 6) is -3.37. The lowest BCUT2D eigenvalue weighted by Crippen LogP contribution is -2.29. The van der Waals surface area contributed by atoms with E-state index in [1.165, 1.54) is 24.3 Å². The zero-order chi connectivity index (χ0) is 26.0. The molecule has 0 spiro atoms. The predicted molar refractivity (Wildman–Crippen MR) is 133 cm³/mol. The van der Waals surface area contributed by atoms with Crippen LogP contribution in [0.3, 0.4) is 0 Å². The van der Waals surface area contributed by atoms with Gasteiger partial charge in [-0.1, -0.05) is 23.5 Å². The van der Waals surface area contributed by atoms with Crippen LogP contribution in [-0.4, -0.2) is 33.0 Å². The average Bonchev–Trinajstić information content (AvgIpc) is 3.52. The van der Waals surface area contributed by atoms with Gasteiger partial charge in [0.15, 0.2) is 10.9 Å². The fraction of sp³-hybridized carbons (Fsp3) is 0.148. The van der Waals surface area contributed by atoms with E-state index in [-0.39, 0.29) is 38.5 Å². The van der Waals surface area contributed by atoms with Crippen LogP contribution in [0.5, 0.6) is 11.5 Å². The lowest BCUT2D eigenvalue weighted by Gasteiger charge is -2.23. The first-order valence-corrected chi connectivity index (χ1v) is 12.2. The monoisotopic (exact) mass is 520 g/mol. The van der Waals surface area contributed by atoms with E-state index in [2.05, 4.69) is 4.98 Å². The maximum absolute atomic E-state index is 14.4. The summed E-state index contributed by atoms with van der Waals surface area (Å²) in [6.45, 7) is 1.92. The van der Waals surface area contributed by atoms with Gasteiger partial charge in [-0.2, -0.15) is 0 Å². The molecule has 37 heavy (non-hydrogen) atoms. The van der Waals surface area contributed by atoms with E-state index < -0.39 is 29.4 Å². The minimum Gasteiger partial charge on any atom is -0.508 e. The number of thiazole rings is 1. The fourth-order valence-corrected chi connectivity index (χ4v) is 5.81. The quantitative estimate of drug-likeness (QED) is 0.218. The Morgan fingerprint density at radius 2 is 1.86 bits per heavy atom. The number of amides is 1. The molecule has 0 bridgehead atoms. The summed E-state index contributed by atoms with van der Waals surface area (Å²) in [6, 6.07) is 11.5. The molecule has 0 saturated carbocycles. The number of hydrogen-bond acceptors (Lipinski definition) is 7. The van der Waals surface area contributed by atoms with E-state index in [9.17, 15) is 28.6 Å². The van der Waals surface area contributed by atoms with Gasteiger partial charge in [0.1, 0.15) is 34.7 Å². The van der Waals surface area contributed by atoms with Crippen molar-refractivity contribution in [3.05, 3.63) is 88.5 Å². The summed E-state index contributed by atoms with van der Waals surface area (Å²) in [7, 11) is 0. The Morgan fingerprint density at radius 3 is 2.62 bits per heavy atom. The number of carbonyl (C=O) groups is 2. The average molecular weight is 521 g/mol. The molecular weight excluding hydrogens is 502 g/mol. The van der Waals surface area contributed by atoms with Crippen LogP contribution in [0.15, 0.2) is 60.2 Å². The third-order valence-corrected chi connectivity index (χ3v) is 7.43. The third kappa shape index (κ3) is 3.72. The van der Waals surface area contributed by atoms with E-state index in [0.717, 1.165) is 27.9 Å². The Labute approximate surface area is 212 Å². The van der Waals surface area contributed by atoms with Crippen molar-refractivity contribution in [1.29, 1.82) is 0 Å². The van der Waals surface area contributed by atoms with E-state index in [1.807, 2.05) is 6.92 Å². The molecule has 2 atom stereocenters. The second-order valence-electron chi connectivity index (χ2n) is 8.95. The van der Waals surface area contributed by atoms with Crippen molar-refractivity contribution in [3.8, 4) is 11.5 Å².